The van der Waals surface area contributed by atoms with E-state index in [1.807, 2.05) is 0 Å². The third-order valence-corrected chi connectivity index (χ3v) is 2.63. The van der Waals surface area contributed by atoms with Crippen LogP contribution in [-0.4, -0.2) is 29.2 Å². The van der Waals surface area contributed by atoms with Crippen LogP contribution in [0.5, 0.6) is 0 Å². The second-order valence-corrected chi connectivity index (χ2v) is 3.54. The first-order chi connectivity index (χ1) is 6.56. The fraction of sp³-hybridized carbons (Fsp3) is 0.857. The normalized spacial score (nSPS) is 22.3. The predicted molar refractivity (Wildman–Crippen MR) is 38.3 cm³/mol. The van der Waals surface area contributed by atoms with Gasteiger partial charge in [-0.1, -0.05) is 0 Å². The second-order valence-electron chi connectivity index (χ2n) is 3.54. The summed E-state index contributed by atoms with van der Waals surface area (Å²) in [6, 6.07) is -2.20. The molecule has 0 aromatic heterocycles. The summed E-state index contributed by atoms with van der Waals surface area (Å²) in [4.78, 5) is 10.3. The molecule has 0 aliphatic heterocycles. The quantitative estimate of drug-likeness (QED) is 0.724. The molecule has 3 nitrogen and oxygen atoms in total. The Bertz CT molecular complexity index is 284. The number of aliphatic carboxylic acids is 1. The second kappa shape index (κ2) is 3.03. The minimum atomic E-state index is -5.77. The van der Waals surface area contributed by atoms with Crippen LogP contribution < -0.4 is 5.73 Å². The highest BCUT2D eigenvalue weighted by atomic mass is 19.4. The van der Waals surface area contributed by atoms with Crippen molar-refractivity contribution in [2.45, 2.75) is 31.0 Å². The van der Waals surface area contributed by atoms with Gasteiger partial charge < -0.3 is 10.8 Å². The first-order valence-corrected chi connectivity index (χ1v) is 3.99. The molecule has 0 bridgehead atoms. The molecular weight excluding hydrogens is 225 g/mol. The molecule has 1 unspecified atom stereocenters. The highest BCUT2D eigenvalue weighted by Crippen LogP contribution is 2.63. The van der Waals surface area contributed by atoms with Crippen LogP contribution in [0.4, 0.5) is 22.0 Å². The molecule has 0 aromatic carbocycles. The van der Waals surface area contributed by atoms with Crippen molar-refractivity contribution in [3.8, 4) is 0 Å². The summed E-state index contributed by atoms with van der Waals surface area (Å²) in [6.45, 7) is 0. The summed E-state index contributed by atoms with van der Waals surface area (Å²) >= 11 is 0. The van der Waals surface area contributed by atoms with E-state index >= 15 is 0 Å². The maximum Gasteiger partial charge on any atom is 0.453 e. The third kappa shape index (κ3) is 1.56. The van der Waals surface area contributed by atoms with E-state index in [4.69, 9.17) is 10.8 Å². The number of halogens is 5. The van der Waals surface area contributed by atoms with Gasteiger partial charge in [-0.05, 0) is 12.8 Å². The number of rotatable bonds is 3. The molecule has 8 heteroatoms. The van der Waals surface area contributed by atoms with E-state index in [2.05, 4.69) is 0 Å². The first kappa shape index (κ1) is 12.2. The Kier molecular flexibility index (Phi) is 2.46. The largest absolute Gasteiger partial charge is 0.480 e. The number of alkyl halides is 5. The summed E-state index contributed by atoms with van der Waals surface area (Å²) in [6.07, 6.45) is -6.84. The third-order valence-electron chi connectivity index (χ3n) is 2.63. The van der Waals surface area contributed by atoms with Gasteiger partial charge in [0, 0.05) is 0 Å². The zero-order chi connectivity index (χ0) is 12.1. The lowest BCUT2D eigenvalue weighted by Gasteiger charge is -2.30. The first-order valence-electron chi connectivity index (χ1n) is 3.99. The Hall–Kier alpha value is -0.920. The molecular formula is C7H8F5NO2. The van der Waals surface area contributed by atoms with Gasteiger partial charge in [-0.2, -0.15) is 22.0 Å². The molecule has 88 valence electrons. The van der Waals surface area contributed by atoms with Crippen LogP contribution >= 0.6 is 0 Å². The molecule has 1 saturated carbocycles. The maximum atomic E-state index is 12.9. The highest BCUT2D eigenvalue weighted by Gasteiger charge is 2.77. The van der Waals surface area contributed by atoms with Crippen molar-refractivity contribution in [3.63, 3.8) is 0 Å². The molecule has 0 saturated heterocycles. The number of hydrogen-bond donors (Lipinski definition) is 2. The Morgan fingerprint density at radius 2 is 1.67 bits per heavy atom. The van der Waals surface area contributed by atoms with Crippen LogP contribution in [0.25, 0.3) is 0 Å². The van der Waals surface area contributed by atoms with Crippen molar-refractivity contribution in [3.05, 3.63) is 0 Å². The summed E-state index contributed by atoms with van der Waals surface area (Å²) < 4.78 is 61.8. The number of nitrogens with two attached hydrogens (primary N) is 1. The Labute approximate surface area is 81.0 Å². The Morgan fingerprint density at radius 3 is 1.87 bits per heavy atom. The van der Waals surface area contributed by atoms with Gasteiger partial charge in [-0.25, -0.2) is 0 Å². The number of hydrogen-bond acceptors (Lipinski definition) is 2. The van der Waals surface area contributed by atoms with Gasteiger partial charge in [-0.3, -0.25) is 4.79 Å². The molecule has 15 heavy (non-hydrogen) atoms. The van der Waals surface area contributed by atoms with E-state index in [0.717, 1.165) is 0 Å². The SMILES string of the molecule is NC(C(=O)O)C1(C(F)(F)C(F)(F)F)CC1. The van der Waals surface area contributed by atoms with Crippen molar-refractivity contribution < 1.29 is 31.9 Å². The molecule has 1 aliphatic rings. The Morgan fingerprint density at radius 1 is 1.27 bits per heavy atom. The number of carbonyl (C=O) groups is 1. The number of carboxylic acids is 1. The molecule has 1 aliphatic carbocycles. The number of carboxylic acid groups (broad SMARTS) is 1. The maximum absolute atomic E-state index is 12.9. The van der Waals surface area contributed by atoms with E-state index in [-0.39, 0.29) is 0 Å². The lowest BCUT2D eigenvalue weighted by molar-refractivity contribution is -0.311. The van der Waals surface area contributed by atoms with Crippen molar-refractivity contribution >= 4 is 5.97 Å². The predicted octanol–water partition coefficient (Wildman–Crippen LogP) is 1.38. The lowest BCUT2D eigenvalue weighted by atomic mass is 9.89. The summed E-state index contributed by atoms with van der Waals surface area (Å²) in [5, 5.41) is 8.36. The van der Waals surface area contributed by atoms with E-state index in [1.165, 1.54) is 0 Å². The van der Waals surface area contributed by atoms with Gasteiger partial charge in [0.15, 0.2) is 0 Å². The molecule has 0 radical (unpaired) electrons. The van der Waals surface area contributed by atoms with Crippen LogP contribution in [-0.2, 0) is 4.79 Å². The van der Waals surface area contributed by atoms with E-state index in [1.54, 1.807) is 0 Å². The fourth-order valence-electron chi connectivity index (χ4n) is 1.47. The van der Waals surface area contributed by atoms with Gasteiger partial charge >= 0.3 is 18.1 Å². The molecule has 0 spiro atoms. The topological polar surface area (TPSA) is 63.3 Å². The van der Waals surface area contributed by atoms with E-state index < -0.39 is 42.4 Å². The van der Waals surface area contributed by atoms with Crippen molar-refractivity contribution in [2.24, 2.45) is 11.1 Å². The fourth-order valence-corrected chi connectivity index (χ4v) is 1.47. The van der Waals surface area contributed by atoms with Crippen LogP contribution in [0.15, 0.2) is 0 Å². The summed E-state index contributed by atoms with van der Waals surface area (Å²) in [7, 11) is 0. The van der Waals surface area contributed by atoms with Gasteiger partial charge in [-0.15, -0.1) is 0 Å². The molecule has 3 N–H and O–H groups in total. The van der Waals surface area contributed by atoms with Crippen LogP contribution in [0, 0.1) is 5.41 Å². The average molecular weight is 233 g/mol. The van der Waals surface area contributed by atoms with Gasteiger partial charge in [0.2, 0.25) is 0 Å². The Balaban J connectivity index is 3.02. The molecule has 0 amide bonds. The minimum Gasteiger partial charge on any atom is -0.480 e. The van der Waals surface area contributed by atoms with E-state index in [0.29, 0.717) is 0 Å². The molecule has 1 atom stereocenters. The van der Waals surface area contributed by atoms with Gasteiger partial charge in [0.1, 0.15) is 6.04 Å². The van der Waals surface area contributed by atoms with Crippen molar-refractivity contribution in [1.82, 2.24) is 0 Å². The minimum absolute atomic E-state index is 0.535. The monoisotopic (exact) mass is 233 g/mol. The lowest BCUT2D eigenvalue weighted by Crippen LogP contribution is -2.55. The molecule has 0 heterocycles. The van der Waals surface area contributed by atoms with Gasteiger partial charge in [0.25, 0.3) is 0 Å². The van der Waals surface area contributed by atoms with Crippen molar-refractivity contribution in [1.29, 1.82) is 0 Å². The highest BCUT2D eigenvalue weighted by molar-refractivity contribution is 5.75. The molecule has 1 rings (SSSR count). The van der Waals surface area contributed by atoms with Crippen molar-refractivity contribution in [2.75, 3.05) is 0 Å². The zero-order valence-corrected chi connectivity index (χ0v) is 7.31. The van der Waals surface area contributed by atoms with Crippen LogP contribution in [0.3, 0.4) is 0 Å². The zero-order valence-electron chi connectivity index (χ0n) is 7.31. The van der Waals surface area contributed by atoms with Gasteiger partial charge in [0.05, 0.1) is 5.41 Å². The standard InChI is InChI=1S/C7H8F5NO2/c8-6(9,7(10,11)12)5(1-2-5)3(13)4(14)15/h3H,1-2,13H2,(H,14,15). The van der Waals surface area contributed by atoms with E-state index in [9.17, 15) is 26.7 Å². The summed E-state index contributed by atoms with van der Waals surface area (Å²) in [5.74, 6) is -6.91. The molecule has 1 fully saturated rings. The smallest absolute Gasteiger partial charge is 0.453 e. The summed E-state index contributed by atoms with van der Waals surface area (Å²) in [5.41, 5.74) is 2.19. The van der Waals surface area contributed by atoms with Crippen LogP contribution in [0.1, 0.15) is 12.8 Å². The van der Waals surface area contributed by atoms with Crippen LogP contribution in [0.2, 0.25) is 0 Å². The molecule has 0 aromatic rings. The average Bonchev–Trinajstić information content (AvgIpc) is 2.80.